The predicted octanol–water partition coefficient (Wildman–Crippen LogP) is 4.11. The van der Waals surface area contributed by atoms with Gasteiger partial charge in [0.15, 0.2) is 0 Å². The molecule has 1 saturated carbocycles. The van der Waals surface area contributed by atoms with Crippen LogP contribution in [0.25, 0.3) is 0 Å². The van der Waals surface area contributed by atoms with Crippen molar-refractivity contribution in [3.05, 3.63) is 21.9 Å². The fraction of sp³-hybridized carbons (Fsp3) is 0.714. The van der Waals surface area contributed by atoms with E-state index in [1.54, 1.807) is 0 Å². The molecule has 1 heterocycles. The summed E-state index contributed by atoms with van der Waals surface area (Å²) >= 11 is 1.88. The zero-order chi connectivity index (χ0) is 11.4. The van der Waals surface area contributed by atoms with E-state index in [2.05, 4.69) is 30.6 Å². The van der Waals surface area contributed by atoms with Gasteiger partial charge in [-0.1, -0.05) is 19.3 Å². The van der Waals surface area contributed by atoms with Crippen molar-refractivity contribution in [1.82, 2.24) is 5.32 Å². The van der Waals surface area contributed by atoms with E-state index < -0.39 is 0 Å². The number of rotatable bonds is 4. The minimum atomic E-state index is 0.682. The van der Waals surface area contributed by atoms with Crippen molar-refractivity contribution in [3.63, 3.8) is 0 Å². The Morgan fingerprint density at radius 1 is 1.38 bits per heavy atom. The molecular weight excluding hydrogens is 214 g/mol. The van der Waals surface area contributed by atoms with Crippen LogP contribution in [-0.4, -0.2) is 6.04 Å². The maximum Gasteiger partial charge on any atom is 0.0304 e. The van der Waals surface area contributed by atoms with Crippen molar-refractivity contribution in [2.45, 2.75) is 58.5 Å². The van der Waals surface area contributed by atoms with Gasteiger partial charge in [0, 0.05) is 17.5 Å². The number of hydrogen-bond donors (Lipinski definition) is 1. The van der Waals surface area contributed by atoms with E-state index in [9.17, 15) is 0 Å². The standard InChI is InChI=1S/C14H23NS/c1-11-8-9-16-14(11)10-15-12(2)13-6-4-3-5-7-13/h8-9,12-13,15H,3-7,10H2,1-2H3. The van der Waals surface area contributed by atoms with Crippen LogP contribution in [0.15, 0.2) is 11.4 Å². The van der Waals surface area contributed by atoms with Crippen molar-refractivity contribution in [2.24, 2.45) is 5.92 Å². The molecule has 0 bridgehead atoms. The lowest BCUT2D eigenvalue weighted by molar-refractivity contribution is 0.281. The van der Waals surface area contributed by atoms with Crippen LogP contribution in [0, 0.1) is 12.8 Å². The van der Waals surface area contributed by atoms with Crippen LogP contribution < -0.4 is 5.32 Å². The Labute approximate surface area is 103 Å². The molecule has 2 rings (SSSR count). The van der Waals surface area contributed by atoms with E-state index in [1.165, 1.54) is 42.5 Å². The monoisotopic (exact) mass is 237 g/mol. The summed E-state index contributed by atoms with van der Waals surface area (Å²) < 4.78 is 0. The Balaban J connectivity index is 1.78. The maximum atomic E-state index is 3.71. The van der Waals surface area contributed by atoms with Crippen molar-refractivity contribution in [3.8, 4) is 0 Å². The second kappa shape index (κ2) is 5.83. The van der Waals surface area contributed by atoms with Crippen molar-refractivity contribution >= 4 is 11.3 Å². The molecule has 1 nitrogen and oxygen atoms in total. The zero-order valence-corrected chi connectivity index (χ0v) is 11.3. The van der Waals surface area contributed by atoms with Gasteiger partial charge >= 0.3 is 0 Å². The third-order valence-corrected chi connectivity index (χ3v) is 4.93. The second-order valence-corrected chi connectivity index (χ2v) is 6.10. The highest BCUT2D eigenvalue weighted by molar-refractivity contribution is 7.10. The van der Waals surface area contributed by atoms with E-state index in [-0.39, 0.29) is 0 Å². The molecule has 1 N–H and O–H groups in total. The topological polar surface area (TPSA) is 12.0 Å². The smallest absolute Gasteiger partial charge is 0.0304 e. The minimum absolute atomic E-state index is 0.682. The fourth-order valence-corrected chi connectivity index (χ4v) is 3.50. The van der Waals surface area contributed by atoms with Gasteiger partial charge in [0.25, 0.3) is 0 Å². The summed E-state index contributed by atoms with van der Waals surface area (Å²) in [4.78, 5) is 1.50. The normalized spacial score (nSPS) is 19.9. The number of aryl methyl sites for hydroxylation is 1. The van der Waals surface area contributed by atoms with Crippen LogP contribution in [0.4, 0.5) is 0 Å². The largest absolute Gasteiger partial charge is 0.309 e. The molecule has 2 heteroatoms. The second-order valence-electron chi connectivity index (χ2n) is 5.09. The first-order valence-electron chi connectivity index (χ1n) is 6.53. The third kappa shape index (κ3) is 3.08. The van der Waals surface area contributed by atoms with Crippen LogP contribution in [0.1, 0.15) is 49.5 Å². The number of thiophene rings is 1. The van der Waals surface area contributed by atoms with Gasteiger partial charge < -0.3 is 5.32 Å². The van der Waals surface area contributed by atoms with Crippen LogP contribution in [-0.2, 0) is 6.54 Å². The Kier molecular flexibility index (Phi) is 4.42. The molecular formula is C14H23NS. The Morgan fingerprint density at radius 2 is 2.12 bits per heavy atom. The van der Waals surface area contributed by atoms with Gasteiger partial charge in [-0.25, -0.2) is 0 Å². The van der Waals surface area contributed by atoms with E-state index in [1.807, 2.05) is 11.3 Å². The molecule has 0 spiro atoms. The van der Waals surface area contributed by atoms with Crippen LogP contribution in [0.3, 0.4) is 0 Å². The summed E-state index contributed by atoms with van der Waals surface area (Å²) in [5.74, 6) is 0.911. The number of nitrogens with one attached hydrogen (secondary N) is 1. The minimum Gasteiger partial charge on any atom is -0.309 e. The zero-order valence-electron chi connectivity index (χ0n) is 10.5. The molecule has 1 unspecified atom stereocenters. The van der Waals surface area contributed by atoms with Gasteiger partial charge in [-0.3, -0.25) is 0 Å². The first-order chi connectivity index (χ1) is 7.77. The van der Waals surface area contributed by atoms with Crippen LogP contribution >= 0.6 is 11.3 Å². The molecule has 1 fully saturated rings. The molecule has 0 amide bonds. The molecule has 90 valence electrons. The summed E-state index contributed by atoms with van der Waals surface area (Å²) in [6.45, 7) is 5.62. The molecule has 1 aromatic rings. The highest BCUT2D eigenvalue weighted by Crippen LogP contribution is 2.26. The van der Waals surface area contributed by atoms with Gasteiger partial charge in [-0.15, -0.1) is 11.3 Å². The average molecular weight is 237 g/mol. The van der Waals surface area contributed by atoms with Crippen molar-refractivity contribution in [1.29, 1.82) is 0 Å². The first kappa shape index (κ1) is 12.1. The summed E-state index contributed by atoms with van der Waals surface area (Å²) in [5.41, 5.74) is 1.44. The molecule has 1 aliphatic carbocycles. The predicted molar refractivity (Wildman–Crippen MR) is 71.9 cm³/mol. The van der Waals surface area contributed by atoms with Gasteiger partial charge in [-0.05, 0) is 49.6 Å². The van der Waals surface area contributed by atoms with E-state index >= 15 is 0 Å². The highest BCUT2D eigenvalue weighted by Gasteiger charge is 2.19. The SMILES string of the molecule is Cc1ccsc1CNC(C)C1CCCCC1. The lowest BCUT2D eigenvalue weighted by Crippen LogP contribution is -2.34. The van der Waals surface area contributed by atoms with E-state index in [0.29, 0.717) is 6.04 Å². The Bertz CT molecular complexity index is 312. The molecule has 0 aromatic carbocycles. The quantitative estimate of drug-likeness (QED) is 0.831. The van der Waals surface area contributed by atoms with Gasteiger partial charge in [-0.2, -0.15) is 0 Å². The fourth-order valence-electron chi connectivity index (χ4n) is 2.64. The molecule has 0 aliphatic heterocycles. The third-order valence-electron chi connectivity index (χ3n) is 3.91. The lowest BCUT2D eigenvalue weighted by Gasteiger charge is -2.28. The maximum absolute atomic E-state index is 3.71. The first-order valence-corrected chi connectivity index (χ1v) is 7.41. The lowest BCUT2D eigenvalue weighted by atomic mass is 9.84. The molecule has 0 saturated heterocycles. The molecule has 1 aliphatic rings. The summed E-state index contributed by atoms with van der Waals surface area (Å²) in [5, 5.41) is 5.90. The number of hydrogen-bond acceptors (Lipinski definition) is 2. The molecule has 16 heavy (non-hydrogen) atoms. The summed E-state index contributed by atoms with van der Waals surface area (Å²) in [6, 6.07) is 2.90. The van der Waals surface area contributed by atoms with Gasteiger partial charge in [0.2, 0.25) is 0 Å². The van der Waals surface area contributed by atoms with Crippen LogP contribution in [0.5, 0.6) is 0 Å². The highest BCUT2D eigenvalue weighted by atomic mass is 32.1. The molecule has 1 atom stereocenters. The summed E-state index contributed by atoms with van der Waals surface area (Å²) in [7, 11) is 0. The van der Waals surface area contributed by atoms with E-state index in [0.717, 1.165) is 12.5 Å². The van der Waals surface area contributed by atoms with Crippen molar-refractivity contribution < 1.29 is 0 Å². The van der Waals surface area contributed by atoms with E-state index in [4.69, 9.17) is 0 Å². The van der Waals surface area contributed by atoms with Crippen molar-refractivity contribution in [2.75, 3.05) is 0 Å². The molecule has 1 aromatic heterocycles. The van der Waals surface area contributed by atoms with Gasteiger partial charge in [0.1, 0.15) is 0 Å². The molecule has 0 radical (unpaired) electrons. The summed E-state index contributed by atoms with van der Waals surface area (Å²) in [6.07, 6.45) is 7.19. The Morgan fingerprint density at radius 3 is 2.75 bits per heavy atom. The van der Waals surface area contributed by atoms with Gasteiger partial charge in [0.05, 0.1) is 0 Å². The Hall–Kier alpha value is -0.340. The van der Waals surface area contributed by atoms with Crippen LogP contribution in [0.2, 0.25) is 0 Å². The average Bonchev–Trinajstić information content (AvgIpc) is 2.73.